The molecule has 1 aliphatic heterocycles. The number of nitrogens with one attached hydrogen (secondary N) is 1. The summed E-state index contributed by atoms with van der Waals surface area (Å²) in [6, 6.07) is 7.25. The van der Waals surface area contributed by atoms with Crippen molar-refractivity contribution < 1.29 is 0 Å². The third-order valence-electron chi connectivity index (χ3n) is 3.99. The molecule has 0 aromatic heterocycles. The summed E-state index contributed by atoms with van der Waals surface area (Å²) in [6.45, 7) is 7.79. The molecule has 1 aliphatic rings. The van der Waals surface area contributed by atoms with Gasteiger partial charge in [-0.05, 0) is 50.9 Å². The molecule has 0 radical (unpaired) electrons. The summed E-state index contributed by atoms with van der Waals surface area (Å²) in [5.74, 6) is 0. The van der Waals surface area contributed by atoms with Crippen molar-refractivity contribution in [3.8, 4) is 0 Å². The summed E-state index contributed by atoms with van der Waals surface area (Å²) in [7, 11) is 0. The highest BCUT2D eigenvalue weighted by Crippen LogP contribution is 2.24. The van der Waals surface area contributed by atoms with E-state index in [2.05, 4.69) is 46.1 Å². The predicted molar refractivity (Wildman–Crippen MR) is 90.3 cm³/mol. The Balaban J connectivity index is 2.01. The minimum atomic E-state index is 0.543. The van der Waals surface area contributed by atoms with Gasteiger partial charge in [-0.3, -0.25) is 4.90 Å². The van der Waals surface area contributed by atoms with Crippen molar-refractivity contribution in [1.82, 2.24) is 10.2 Å². The van der Waals surface area contributed by atoms with Gasteiger partial charge in [-0.1, -0.05) is 40.0 Å². The summed E-state index contributed by atoms with van der Waals surface area (Å²) in [4.78, 5) is 2.54. The van der Waals surface area contributed by atoms with Gasteiger partial charge < -0.3 is 5.32 Å². The van der Waals surface area contributed by atoms with Gasteiger partial charge >= 0.3 is 0 Å². The molecule has 0 spiro atoms. The highest BCUT2D eigenvalue weighted by Gasteiger charge is 2.19. The number of benzene rings is 1. The van der Waals surface area contributed by atoms with Crippen LogP contribution < -0.4 is 5.32 Å². The molecule has 4 heteroatoms. The van der Waals surface area contributed by atoms with Crippen LogP contribution in [0.2, 0.25) is 5.02 Å². The molecule has 2 rings (SSSR count). The quantitative estimate of drug-likeness (QED) is 0.835. The summed E-state index contributed by atoms with van der Waals surface area (Å²) < 4.78 is 1.10. The normalized spacial score (nSPS) is 19.8. The van der Waals surface area contributed by atoms with E-state index < -0.39 is 0 Å². The standard InChI is InChI=1S/C16H24BrClN2/c1-12(2)20(11-15-5-3-4-8-19-15)10-13-6-7-14(18)9-16(13)17/h6-7,9,12,15,19H,3-5,8,10-11H2,1-2H3. The zero-order valence-corrected chi connectivity index (χ0v) is 14.7. The van der Waals surface area contributed by atoms with Gasteiger partial charge in [0.15, 0.2) is 0 Å². The summed E-state index contributed by atoms with van der Waals surface area (Å²) in [5.41, 5.74) is 1.30. The van der Waals surface area contributed by atoms with Crippen molar-refractivity contribution in [1.29, 1.82) is 0 Å². The number of nitrogens with zero attached hydrogens (tertiary/aromatic N) is 1. The van der Waals surface area contributed by atoms with E-state index in [0.717, 1.165) is 22.6 Å². The van der Waals surface area contributed by atoms with Gasteiger partial charge in [0.25, 0.3) is 0 Å². The molecule has 1 aromatic carbocycles. The maximum absolute atomic E-state index is 6.02. The third-order valence-corrected chi connectivity index (χ3v) is 4.96. The van der Waals surface area contributed by atoms with Crippen LogP contribution in [-0.2, 0) is 6.54 Å². The zero-order valence-electron chi connectivity index (χ0n) is 12.3. The number of halogens is 2. The Morgan fingerprint density at radius 2 is 2.20 bits per heavy atom. The van der Waals surface area contributed by atoms with E-state index >= 15 is 0 Å². The molecule has 1 N–H and O–H groups in total. The maximum Gasteiger partial charge on any atom is 0.0417 e. The first-order valence-electron chi connectivity index (χ1n) is 7.47. The highest BCUT2D eigenvalue weighted by atomic mass is 79.9. The number of hydrogen-bond donors (Lipinski definition) is 1. The van der Waals surface area contributed by atoms with Crippen molar-refractivity contribution in [2.75, 3.05) is 13.1 Å². The van der Waals surface area contributed by atoms with Crippen LogP contribution in [0.3, 0.4) is 0 Å². The lowest BCUT2D eigenvalue weighted by molar-refractivity contribution is 0.177. The van der Waals surface area contributed by atoms with Crippen LogP contribution >= 0.6 is 27.5 Å². The largest absolute Gasteiger partial charge is 0.313 e. The van der Waals surface area contributed by atoms with Gasteiger partial charge in [0.2, 0.25) is 0 Å². The van der Waals surface area contributed by atoms with Gasteiger partial charge in [0.1, 0.15) is 0 Å². The minimum Gasteiger partial charge on any atom is -0.313 e. The highest BCUT2D eigenvalue weighted by molar-refractivity contribution is 9.10. The second-order valence-electron chi connectivity index (χ2n) is 5.91. The van der Waals surface area contributed by atoms with Crippen LogP contribution in [0, 0.1) is 0 Å². The van der Waals surface area contributed by atoms with E-state index in [4.69, 9.17) is 11.6 Å². The fraction of sp³-hybridized carbons (Fsp3) is 0.625. The predicted octanol–water partition coefficient (Wildman–Crippen LogP) is 4.46. The second-order valence-corrected chi connectivity index (χ2v) is 7.20. The molecule has 0 saturated carbocycles. The first kappa shape index (κ1) is 16.3. The number of rotatable bonds is 5. The first-order valence-corrected chi connectivity index (χ1v) is 8.64. The van der Waals surface area contributed by atoms with Crippen molar-refractivity contribution in [2.24, 2.45) is 0 Å². The van der Waals surface area contributed by atoms with E-state index in [0.29, 0.717) is 12.1 Å². The first-order chi connectivity index (χ1) is 9.56. The molecule has 0 amide bonds. The van der Waals surface area contributed by atoms with E-state index in [1.54, 1.807) is 0 Å². The lowest BCUT2D eigenvalue weighted by atomic mass is 10.0. The van der Waals surface area contributed by atoms with Gasteiger partial charge in [-0.15, -0.1) is 0 Å². The Hall–Kier alpha value is -0.0900. The molecule has 0 aliphatic carbocycles. The third kappa shape index (κ3) is 4.73. The monoisotopic (exact) mass is 358 g/mol. The van der Waals surface area contributed by atoms with Crippen molar-refractivity contribution in [3.05, 3.63) is 33.3 Å². The molecule has 1 fully saturated rings. The smallest absolute Gasteiger partial charge is 0.0417 e. The van der Waals surface area contributed by atoms with Gasteiger partial charge in [-0.2, -0.15) is 0 Å². The average Bonchev–Trinajstić information content (AvgIpc) is 2.42. The average molecular weight is 360 g/mol. The molecule has 1 saturated heterocycles. The summed E-state index contributed by atoms with van der Waals surface area (Å²) in [6.07, 6.45) is 3.97. The van der Waals surface area contributed by atoms with E-state index in [1.165, 1.54) is 31.4 Å². The van der Waals surface area contributed by atoms with Crippen molar-refractivity contribution in [2.45, 2.75) is 51.7 Å². The molecule has 20 heavy (non-hydrogen) atoms. The summed E-state index contributed by atoms with van der Waals surface area (Å²) in [5, 5.41) is 4.42. The van der Waals surface area contributed by atoms with E-state index in [9.17, 15) is 0 Å². The van der Waals surface area contributed by atoms with Gasteiger partial charge in [0.05, 0.1) is 0 Å². The van der Waals surface area contributed by atoms with Crippen LogP contribution in [0.1, 0.15) is 38.7 Å². The minimum absolute atomic E-state index is 0.543. The van der Waals surface area contributed by atoms with Crippen molar-refractivity contribution >= 4 is 27.5 Å². The van der Waals surface area contributed by atoms with Gasteiger partial charge in [-0.25, -0.2) is 0 Å². The van der Waals surface area contributed by atoms with E-state index in [1.807, 2.05) is 12.1 Å². The van der Waals surface area contributed by atoms with Crippen LogP contribution in [0.15, 0.2) is 22.7 Å². The zero-order chi connectivity index (χ0) is 14.5. The maximum atomic E-state index is 6.02. The van der Waals surface area contributed by atoms with Gasteiger partial charge in [0, 0.05) is 34.7 Å². The molecule has 0 bridgehead atoms. The molecule has 1 atom stereocenters. The molecule has 1 heterocycles. The van der Waals surface area contributed by atoms with Crippen LogP contribution in [-0.4, -0.2) is 30.1 Å². The van der Waals surface area contributed by atoms with Crippen molar-refractivity contribution in [3.63, 3.8) is 0 Å². The Morgan fingerprint density at radius 1 is 1.40 bits per heavy atom. The molecule has 1 unspecified atom stereocenters. The molecule has 2 nitrogen and oxygen atoms in total. The number of hydrogen-bond acceptors (Lipinski definition) is 2. The fourth-order valence-corrected chi connectivity index (χ4v) is 3.50. The van der Waals surface area contributed by atoms with E-state index in [-0.39, 0.29) is 0 Å². The lowest BCUT2D eigenvalue weighted by Crippen LogP contribution is -2.45. The Kier molecular flexibility index (Phi) is 6.34. The SMILES string of the molecule is CC(C)N(Cc1ccc(Cl)cc1Br)CC1CCCCN1. The molecule has 1 aromatic rings. The van der Waals surface area contributed by atoms with Crippen LogP contribution in [0.25, 0.3) is 0 Å². The Labute approximate surface area is 136 Å². The summed E-state index contributed by atoms with van der Waals surface area (Å²) >= 11 is 9.64. The fourth-order valence-electron chi connectivity index (χ4n) is 2.69. The molecule has 112 valence electrons. The number of piperidine rings is 1. The second kappa shape index (κ2) is 7.79. The topological polar surface area (TPSA) is 15.3 Å². The molecular formula is C16H24BrClN2. The Bertz CT molecular complexity index is 430. The van der Waals surface area contributed by atoms with Crippen LogP contribution in [0.4, 0.5) is 0 Å². The molecular weight excluding hydrogens is 336 g/mol. The lowest BCUT2D eigenvalue weighted by Gasteiger charge is -2.33. The Morgan fingerprint density at radius 3 is 2.80 bits per heavy atom. The van der Waals surface area contributed by atoms with Crippen LogP contribution in [0.5, 0.6) is 0 Å².